The molecule has 2 N–H and O–H groups in total. The Morgan fingerprint density at radius 2 is 2.06 bits per heavy atom. The van der Waals surface area contributed by atoms with E-state index in [4.69, 9.17) is 0 Å². The average molecular weight is 240 g/mol. The fraction of sp³-hybridized carbons (Fsp3) is 1.00. The molecule has 0 radical (unpaired) electrons. The van der Waals surface area contributed by atoms with Crippen LogP contribution in [0.4, 0.5) is 0 Å². The van der Waals surface area contributed by atoms with Crippen LogP contribution in [-0.2, 0) is 0 Å². The molecular weight excluding hydrogens is 212 g/mol. The predicted octanol–water partition coefficient (Wildman–Crippen LogP) is 1.47. The molecule has 0 aromatic heterocycles. The van der Waals surface area contributed by atoms with Gasteiger partial charge in [0.25, 0.3) is 0 Å². The highest BCUT2D eigenvalue weighted by molar-refractivity contribution is 4.90. The number of hydrogen-bond donors (Lipinski definition) is 2. The van der Waals surface area contributed by atoms with Gasteiger partial charge in [0.05, 0.1) is 0 Å². The summed E-state index contributed by atoms with van der Waals surface area (Å²) in [5, 5.41) is 12.7. The number of likely N-dealkylation sites (tertiary alicyclic amines) is 1. The van der Waals surface area contributed by atoms with E-state index in [9.17, 15) is 5.11 Å². The number of hydrogen-bond acceptors (Lipinski definition) is 3. The van der Waals surface area contributed by atoms with Crippen molar-refractivity contribution in [3.63, 3.8) is 0 Å². The SMILES string of the molecule is CNCC1(CN2CCCC(CO)C2)CCCC1. The fourth-order valence-corrected chi connectivity index (χ4v) is 3.81. The second kappa shape index (κ2) is 6.17. The Kier molecular flexibility index (Phi) is 4.83. The second-order valence-electron chi connectivity index (χ2n) is 6.16. The highest BCUT2D eigenvalue weighted by Crippen LogP contribution is 2.38. The summed E-state index contributed by atoms with van der Waals surface area (Å²) in [4.78, 5) is 2.60. The molecule has 1 saturated heterocycles. The molecule has 1 unspecified atom stereocenters. The summed E-state index contributed by atoms with van der Waals surface area (Å²) in [6, 6.07) is 0. The van der Waals surface area contributed by atoms with Crippen LogP contribution in [0.15, 0.2) is 0 Å². The topological polar surface area (TPSA) is 35.5 Å². The molecule has 3 nitrogen and oxygen atoms in total. The first-order valence-electron chi connectivity index (χ1n) is 7.26. The van der Waals surface area contributed by atoms with E-state index in [-0.39, 0.29) is 0 Å². The number of aliphatic hydroxyl groups is 1. The lowest BCUT2D eigenvalue weighted by atomic mass is 9.84. The molecule has 2 aliphatic rings. The Balaban J connectivity index is 1.88. The van der Waals surface area contributed by atoms with Crippen molar-refractivity contribution in [3.05, 3.63) is 0 Å². The van der Waals surface area contributed by atoms with Crippen molar-refractivity contribution in [3.8, 4) is 0 Å². The first-order valence-corrected chi connectivity index (χ1v) is 7.26. The summed E-state index contributed by atoms with van der Waals surface area (Å²) in [6.07, 6.45) is 8.05. The van der Waals surface area contributed by atoms with Crippen LogP contribution < -0.4 is 5.32 Å². The summed E-state index contributed by atoms with van der Waals surface area (Å²) in [7, 11) is 2.08. The van der Waals surface area contributed by atoms with Gasteiger partial charge in [0.2, 0.25) is 0 Å². The molecule has 1 aliphatic carbocycles. The molecule has 2 fully saturated rings. The van der Waals surface area contributed by atoms with E-state index in [1.807, 2.05) is 0 Å². The zero-order chi connectivity index (χ0) is 12.1. The molecule has 1 atom stereocenters. The maximum absolute atomic E-state index is 9.30. The van der Waals surface area contributed by atoms with E-state index in [1.165, 1.54) is 51.6 Å². The summed E-state index contributed by atoms with van der Waals surface area (Å²) in [6.45, 7) is 5.12. The molecule has 3 heteroatoms. The number of aliphatic hydroxyl groups excluding tert-OH is 1. The molecule has 2 rings (SSSR count). The third kappa shape index (κ3) is 3.43. The monoisotopic (exact) mass is 240 g/mol. The lowest BCUT2D eigenvalue weighted by Crippen LogP contribution is -2.46. The number of nitrogens with zero attached hydrogens (tertiary/aromatic N) is 1. The minimum atomic E-state index is 0.371. The Morgan fingerprint density at radius 1 is 1.29 bits per heavy atom. The van der Waals surface area contributed by atoms with Crippen molar-refractivity contribution in [2.45, 2.75) is 38.5 Å². The van der Waals surface area contributed by atoms with Crippen LogP contribution in [0, 0.1) is 11.3 Å². The van der Waals surface area contributed by atoms with Crippen molar-refractivity contribution in [1.29, 1.82) is 0 Å². The van der Waals surface area contributed by atoms with E-state index >= 15 is 0 Å². The molecule has 0 aromatic rings. The Morgan fingerprint density at radius 3 is 2.71 bits per heavy atom. The molecule has 0 bridgehead atoms. The third-order valence-electron chi connectivity index (χ3n) is 4.64. The van der Waals surface area contributed by atoms with Gasteiger partial charge >= 0.3 is 0 Å². The summed E-state index contributed by atoms with van der Waals surface area (Å²) < 4.78 is 0. The van der Waals surface area contributed by atoms with Gasteiger partial charge in [0.15, 0.2) is 0 Å². The van der Waals surface area contributed by atoms with Crippen molar-refractivity contribution in [2.24, 2.45) is 11.3 Å². The van der Waals surface area contributed by atoms with Crippen molar-refractivity contribution < 1.29 is 5.11 Å². The summed E-state index contributed by atoms with van der Waals surface area (Å²) >= 11 is 0. The number of nitrogens with one attached hydrogen (secondary N) is 1. The van der Waals surface area contributed by atoms with Gasteiger partial charge < -0.3 is 15.3 Å². The van der Waals surface area contributed by atoms with Gasteiger partial charge in [0, 0.05) is 26.2 Å². The van der Waals surface area contributed by atoms with Crippen LogP contribution in [-0.4, -0.2) is 49.8 Å². The highest BCUT2D eigenvalue weighted by atomic mass is 16.3. The van der Waals surface area contributed by atoms with Crippen molar-refractivity contribution >= 4 is 0 Å². The molecule has 17 heavy (non-hydrogen) atoms. The van der Waals surface area contributed by atoms with Gasteiger partial charge in [-0.15, -0.1) is 0 Å². The summed E-state index contributed by atoms with van der Waals surface area (Å²) in [5.41, 5.74) is 0.520. The second-order valence-corrected chi connectivity index (χ2v) is 6.16. The van der Waals surface area contributed by atoms with Crippen molar-refractivity contribution in [1.82, 2.24) is 10.2 Å². The molecule has 1 saturated carbocycles. The third-order valence-corrected chi connectivity index (χ3v) is 4.64. The van der Waals surface area contributed by atoms with Crippen LogP contribution in [0.5, 0.6) is 0 Å². The normalized spacial score (nSPS) is 29.6. The van der Waals surface area contributed by atoms with Crippen LogP contribution in [0.1, 0.15) is 38.5 Å². The lowest BCUT2D eigenvalue weighted by Gasteiger charge is -2.39. The highest BCUT2D eigenvalue weighted by Gasteiger charge is 2.35. The molecule has 0 aromatic carbocycles. The smallest absolute Gasteiger partial charge is 0.0471 e. The van der Waals surface area contributed by atoms with Gasteiger partial charge in [-0.2, -0.15) is 0 Å². The zero-order valence-electron chi connectivity index (χ0n) is 11.2. The average Bonchev–Trinajstić information content (AvgIpc) is 2.78. The lowest BCUT2D eigenvalue weighted by molar-refractivity contribution is 0.0795. The standard InChI is InChI=1S/C14H28N2O/c1-15-11-14(6-2-3-7-14)12-16-8-4-5-13(9-16)10-17/h13,15,17H,2-12H2,1H3. The Bertz CT molecular complexity index is 226. The van der Waals surface area contributed by atoms with E-state index in [0.29, 0.717) is 17.9 Å². The van der Waals surface area contributed by atoms with Gasteiger partial charge in [-0.05, 0) is 50.6 Å². The molecule has 0 amide bonds. The maximum atomic E-state index is 9.30. The number of rotatable bonds is 5. The predicted molar refractivity (Wildman–Crippen MR) is 71.1 cm³/mol. The fourth-order valence-electron chi connectivity index (χ4n) is 3.81. The first-order chi connectivity index (χ1) is 8.28. The maximum Gasteiger partial charge on any atom is 0.0471 e. The molecule has 0 spiro atoms. The summed E-state index contributed by atoms with van der Waals surface area (Å²) in [5.74, 6) is 0.525. The van der Waals surface area contributed by atoms with Gasteiger partial charge in [-0.1, -0.05) is 12.8 Å². The van der Waals surface area contributed by atoms with Crippen molar-refractivity contribution in [2.75, 3.05) is 39.8 Å². The van der Waals surface area contributed by atoms with E-state index in [0.717, 1.165) is 13.1 Å². The minimum Gasteiger partial charge on any atom is -0.396 e. The number of piperidine rings is 1. The quantitative estimate of drug-likeness (QED) is 0.764. The van der Waals surface area contributed by atoms with E-state index in [2.05, 4.69) is 17.3 Å². The van der Waals surface area contributed by atoms with E-state index < -0.39 is 0 Å². The largest absolute Gasteiger partial charge is 0.396 e. The zero-order valence-corrected chi connectivity index (χ0v) is 11.2. The Hall–Kier alpha value is -0.120. The van der Waals surface area contributed by atoms with E-state index in [1.54, 1.807) is 0 Å². The van der Waals surface area contributed by atoms with Gasteiger partial charge in [-0.3, -0.25) is 0 Å². The first kappa shape index (κ1) is 13.3. The Labute approximate surface area is 106 Å². The van der Waals surface area contributed by atoms with Gasteiger partial charge in [-0.25, -0.2) is 0 Å². The van der Waals surface area contributed by atoms with Crippen LogP contribution in [0.3, 0.4) is 0 Å². The molecular formula is C14H28N2O. The molecule has 1 aliphatic heterocycles. The molecule has 100 valence electrons. The molecule has 1 heterocycles. The van der Waals surface area contributed by atoms with Crippen LogP contribution >= 0.6 is 0 Å². The van der Waals surface area contributed by atoms with Crippen LogP contribution in [0.2, 0.25) is 0 Å². The van der Waals surface area contributed by atoms with Crippen LogP contribution in [0.25, 0.3) is 0 Å². The minimum absolute atomic E-state index is 0.371. The van der Waals surface area contributed by atoms with Gasteiger partial charge in [0.1, 0.15) is 0 Å².